The van der Waals surface area contributed by atoms with E-state index in [4.69, 9.17) is 17.0 Å². The summed E-state index contributed by atoms with van der Waals surface area (Å²) in [6.45, 7) is 6.95. The van der Waals surface area contributed by atoms with Crippen molar-refractivity contribution in [3.8, 4) is 5.69 Å². The van der Waals surface area contributed by atoms with Gasteiger partial charge in [-0.1, -0.05) is 31.2 Å². The highest BCUT2D eigenvalue weighted by molar-refractivity contribution is 7.80. The number of carbonyl (C=O) groups excluding carboxylic acids is 1. The Morgan fingerprint density at radius 1 is 1.18 bits per heavy atom. The summed E-state index contributed by atoms with van der Waals surface area (Å²) in [4.78, 5) is 18.6. The number of carbonyl (C=O) groups is 1. The van der Waals surface area contributed by atoms with Crippen LogP contribution in [0.2, 0.25) is 0 Å². The minimum Gasteiger partial charge on any atom is -0.469 e. The summed E-state index contributed by atoms with van der Waals surface area (Å²) >= 11 is 5.73. The van der Waals surface area contributed by atoms with E-state index in [2.05, 4.69) is 70.9 Å². The third kappa shape index (κ3) is 4.37. The van der Waals surface area contributed by atoms with Crippen molar-refractivity contribution >= 4 is 23.3 Å². The Morgan fingerprint density at radius 2 is 1.94 bits per heavy atom. The Labute approximate surface area is 200 Å². The number of methoxy groups -OCH3 is 1. The minimum absolute atomic E-state index is 0.0919. The van der Waals surface area contributed by atoms with Gasteiger partial charge in [-0.05, 0) is 67.9 Å². The van der Waals surface area contributed by atoms with Crippen molar-refractivity contribution in [1.82, 2.24) is 19.8 Å². The molecule has 0 aliphatic carbocycles. The molecule has 0 radical (unpaired) electrons. The number of hydrogen-bond donors (Lipinski definition) is 1. The van der Waals surface area contributed by atoms with Crippen LogP contribution in [0.15, 0.2) is 54.7 Å². The maximum absolute atomic E-state index is 11.9. The second-order valence-electron chi connectivity index (χ2n) is 8.29. The quantitative estimate of drug-likeness (QED) is 0.410. The fourth-order valence-electron chi connectivity index (χ4n) is 4.78. The van der Waals surface area contributed by atoms with Gasteiger partial charge in [0.25, 0.3) is 0 Å². The third-order valence-corrected chi connectivity index (χ3v) is 6.74. The second-order valence-corrected chi connectivity index (χ2v) is 8.68. The fourth-order valence-corrected chi connectivity index (χ4v) is 5.12. The van der Waals surface area contributed by atoms with Crippen LogP contribution >= 0.6 is 12.2 Å². The van der Waals surface area contributed by atoms with Crippen molar-refractivity contribution in [2.75, 3.05) is 13.7 Å². The van der Waals surface area contributed by atoms with Crippen molar-refractivity contribution in [3.05, 3.63) is 82.9 Å². The molecular weight excluding hydrogens is 432 g/mol. The van der Waals surface area contributed by atoms with Gasteiger partial charge in [0.05, 0.1) is 31.3 Å². The number of thiocarbonyl (C=S) groups is 1. The summed E-state index contributed by atoms with van der Waals surface area (Å²) in [5.74, 6) is -0.250. The van der Waals surface area contributed by atoms with Crippen LogP contribution in [0, 0.1) is 13.8 Å². The first kappa shape index (κ1) is 23.0. The molecule has 1 saturated heterocycles. The van der Waals surface area contributed by atoms with Crippen LogP contribution in [-0.2, 0) is 16.0 Å². The van der Waals surface area contributed by atoms with E-state index in [9.17, 15) is 4.79 Å². The molecule has 6 nitrogen and oxygen atoms in total. The molecule has 2 aromatic heterocycles. The smallest absolute Gasteiger partial charge is 0.307 e. The van der Waals surface area contributed by atoms with Crippen LogP contribution in [0.1, 0.15) is 53.6 Å². The summed E-state index contributed by atoms with van der Waals surface area (Å²) in [5.41, 5.74) is 6.92. The molecule has 1 aromatic carbocycles. The Balaban J connectivity index is 1.81. The van der Waals surface area contributed by atoms with E-state index in [1.165, 1.54) is 23.9 Å². The number of pyridine rings is 1. The van der Waals surface area contributed by atoms with Gasteiger partial charge in [-0.3, -0.25) is 9.78 Å². The summed E-state index contributed by atoms with van der Waals surface area (Å²) in [5, 5.41) is 4.09. The number of aryl methyl sites for hydroxylation is 2. The number of hydrogen-bond acceptors (Lipinski definition) is 4. The SMILES string of the molecule is CCc1ccccc1-n1c(C)cc([C@@H]2[C@H](c3ccccn3)NC(=S)N2CCC(=O)OC)c1C. The molecule has 0 bridgehead atoms. The van der Waals surface area contributed by atoms with Gasteiger partial charge < -0.3 is 19.5 Å². The maximum atomic E-state index is 11.9. The topological polar surface area (TPSA) is 59.4 Å². The largest absolute Gasteiger partial charge is 0.469 e. The van der Waals surface area contributed by atoms with Gasteiger partial charge in [0.1, 0.15) is 0 Å². The van der Waals surface area contributed by atoms with Gasteiger partial charge in [-0.15, -0.1) is 0 Å². The van der Waals surface area contributed by atoms with E-state index in [0.29, 0.717) is 11.7 Å². The number of aromatic nitrogens is 2. The average Bonchev–Trinajstić information content (AvgIpc) is 3.32. The number of esters is 1. The Bertz CT molecular complexity index is 1160. The van der Waals surface area contributed by atoms with E-state index in [1.54, 1.807) is 6.20 Å². The molecule has 3 aromatic rings. The molecule has 1 aliphatic heterocycles. The molecule has 3 heterocycles. The first-order valence-electron chi connectivity index (χ1n) is 11.3. The molecule has 4 rings (SSSR count). The van der Waals surface area contributed by atoms with Gasteiger partial charge >= 0.3 is 5.97 Å². The molecule has 0 unspecified atom stereocenters. The zero-order valence-electron chi connectivity index (χ0n) is 19.5. The van der Waals surface area contributed by atoms with E-state index in [1.807, 2.05) is 18.2 Å². The first-order valence-corrected chi connectivity index (χ1v) is 11.7. The fraction of sp³-hybridized carbons (Fsp3) is 0.346. The Hall–Kier alpha value is -3.19. The predicted octanol–water partition coefficient (Wildman–Crippen LogP) is 4.59. The van der Waals surface area contributed by atoms with Crippen molar-refractivity contribution in [2.24, 2.45) is 0 Å². The van der Waals surface area contributed by atoms with Crippen LogP contribution < -0.4 is 5.32 Å². The number of para-hydroxylation sites is 1. The van der Waals surface area contributed by atoms with Crippen LogP contribution in [0.4, 0.5) is 0 Å². The molecule has 33 heavy (non-hydrogen) atoms. The zero-order valence-corrected chi connectivity index (χ0v) is 20.4. The van der Waals surface area contributed by atoms with E-state index in [-0.39, 0.29) is 24.5 Å². The number of nitrogens with one attached hydrogen (secondary N) is 1. The molecule has 2 atom stereocenters. The summed E-state index contributed by atoms with van der Waals surface area (Å²) < 4.78 is 7.21. The molecule has 0 spiro atoms. The lowest BCUT2D eigenvalue weighted by Crippen LogP contribution is -2.32. The van der Waals surface area contributed by atoms with Crippen LogP contribution in [0.25, 0.3) is 5.69 Å². The van der Waals surface area contributed by atoms with Gasteiger partial charge in [0.2, 0.25) is 0 Å². The van der Waals surface area contributed by atoms with E-state index >= 15 is 0 Å². The molecule has 1 aliphatic rings. The van der Waals surface area contributed by atoms with Crippen molar-refractivity contribution in [3.63, 3.8) is 0 Å². The molecule has 0 saturated carbocycles. The number of ether oxygens (including phenoxy) is 1. The highest BCUT2D eigenvalue weighted by Crippen LogP contribution is 2.41. The lowest BCUT2D eigenvalue weighted by Gasteiger charge is -2.28. The van der Waals surface area contributed by atoms with E-state index in [0.717, 1.165) is 23.5 Å². The first-order chi connectivity index (χ1) is 16.0. The average molecular weight is 463 g/mol. The molecule has 1 N–H and O–H groups in total. The van der Waals surface area contributed by atoms with Crippen LogP contribution in [0.5, 0.6) is 0 Å². The molecule has 0 amide bonds. The lowest BCUT2D eigenvalue weighted by molar-refractivity contribution is -0.140. The van der Waals surface area contributed by atoms with Gasteiger partial charge in [0.15, 0.2) is 5.11 Å². The summed E-state index contributed by atoms with van der Waals surface area (Å²) in [7, 11) is 1.41. The third-order valence-electron chi connectivity index (χ3n) is 6.38. The molecule has 1 fully saturated rings. The van der Waals surface area contributed by atoms with Gasteiger partial charge in [-0.2, -0.15) is 0 Å². The summed E-state index contributed by atoms with van der Waals surface area (Å²) in [6.07, 6.45) is 3.02. The van der Waals surface area contributed by atoms with Crippen molar-refractivity contribution in [1.29, 1.82) is 0 Å². The highest BCUT2D eigenvalue weighted by Gasteiger charge is 2.41. The number of benzene rings is 1. The van der Waals surface area contributed by atoms with Crippen molar-refractivity contribution in [2.45, 2.75) is 45.7 Å². The number of rotatable bonds is 7. The van der Waals surface area contributed by atoms with Crippen LogP contribution in [-0.4, -0.2) is 39.2 Å². The standard InChI is InChI=1S/C26H30N4O2S/c1-5-19-10-6-7-12-22(19)30-17(2)16-20(18(30)3)25-24(21-11-8-9-14-27-21)28-26(33)29(25)15-13-23(31)32-4/h6-12,14,16,24-25H,5,13,15H2,1-4H3,(H,28,33)/t24-,25+/m0/s1. The molecule has 172 valence electrons. The Morgan fingerprint density at radius 3 is 2.64 bits per heavy atom. The highest BCUT2D eigenvalue weighted by atomic mass is 32.1. The minimum atomic E-state index is -0.250. The predicted molar refractivity (Wildman–Crippen MR) is 133 cm³/mol. The second kappa shape index (κ2) is 9.75. The molecule has 7 heteroatoms. The van der Waals surface area contributed by atoms with Gasteiger partial charge in [-0.25, -0.2) is 0 Å². The van der Waals surface area contributed by atoms with E-state index < -0.39 is 0 Å². The van der Waals surface area contributed by atoms with Gasteiger partial charge in [0, 0.05) is 29.8 Å². The summed E-state index contributed by atoms with van der Waals surface area (Å²) in [6, 6.07) is 16.5. The monoisotopic (exact) mass is 462 g/mol. The maximum Gasteiger partial charge on any atom is 0.307 e. The zero-order chi connectivity index (χ0) is 23.5. The van der Waals surface area contributed by atoms with Crippen molar-refractivity contribution < 1.29 is 9.53 Å². The normalized spacial score (nSPS) is 17.8. The molecular formula is C26H30N4O2S. The number of nitrogens with zero attached hydrogens (tertiary/aromatic N) is 3. The Kier molecular flexibility index (Phi) is 6.79. The lowest BCUT2D eigenvalue weighted by atomic mass is 9.96. The van der Waals surface area contributed by atoms with Crippen LogP contribution in [0.3, 0.4) is 0 Å².